The summed E-state index contributed by atoms with van der Waals surface area (Å²) in [6.07, 6.45) is 1.10. The largest absolute Gasteiger partial charge is 0.324 e. The highest BCUT2D eigenvalue weighted by Gasteiger charge is 2.29. The molecule has 0 fully saturated rings. The van der Waals surface area contributed by atoms with Gasteiger partial charge in [-0.15, -0.1) is 0 Å². The molecule has 0 heterocycles. The van der Waals surface area contributed by atoms with Gasteiger partial charge in [0.1, 0.15) is 6.04 Å². The monoisotopic (exact) mass is 360 g/mol. The third-order valence-corrected chi connectivity index (χ3v) is 5.19. The van der Waals surface area contributed by atoms with Gasteiger partial charge in [-0.3, -0.25) is 9.10 Å². The standard InChI is InChI=1S/C19H24N2O3S/c1-14(2)16-10-12-17(13-11-16)20-19(22)15(3)21(25(4,23)24)18-8-6-5-7-9-18/h5-15H,1-4H3,(H,20,22)/t15-/m0/s1. The number of anilines is 2. The smallest absolute Gasteiger partial charge is 0.247 e. The molecule has 0 aliphatic carbocycles. The normalized spacial score (nSPS) is 12.7. The quantitative estimate of drug-likeness (QED) is 0.856. The van der Waals surface area contributed by atoms with Crippen molar-refractivity contribution < 1.29 is 13.2 Å². The number of carbonyl (C=O) groups excluding carboxylic acids is 1. The Kier molecular flexibility index (Phi) is 5.85. The maximum absolute atomic E-state index is 12.6. The zero-order valence-electron chi connectivity index (χ0n) is 14.9. The molecule has 1 N–H and O–H groups in total. The van der Waals surface area contributed by atoms with Crippen LogP contribution in [0.2, 0.25) is 0 Å². The Balaban J connectivity index is 2.21. The van der Waals surface area contributed by atoms with Gasteiger partial charge in [0.15, 0.2) is 0 Å². The molecule has 0 aliphatic rings. The molecular weight excluding hydrogens is 336 g/mol. The van der Waals surface area contributed by atoms with Crippen LogP contribution in [-0.4, -0.2) is 26.6 Å². The van der Waals surface area contributed by atoms with Crippen molar-refractivity contribution in [2.45, 2.75) is 32.7 Å². The number of hydrogen-bond donors (Lipinski definition) is 1. The van der Waals surface area contributed by atoms with Gasteiger partial charge in [0.25, 0.3) is 0 Å². The summed E-state index contributed by atoms with van der Waals surface area (Å²) >= 11 is 0. The average molecular weight is 360 g/mol. The molecule has 0 radical (unpaired) electrons. The number of carbonyl (C=O) groups is 1. The number of hydrogen-bond acceptors (Lipinski definition) is 3. The second kappa shape index (κ2) is 7.70. The fourth-order valence-corrected chi connectivity index (χ4v) is 3.76. The van der Waals surface area contributed by atoms with Crippen LogP contribution in [0.1, 0.15) is 32.3 Å². The number of nitrogens with zero attached hydrogens (tertiary/aromatic N) is 1. The second-order valence-corrected chi connectivity index (χ2v) is 8.20. The van der Waals surface area contributed by atoms with Crippen LogP contribution < -0.4 is 9.62 Å². The van der Waals surface area contributed by atoms with Crippen LogP contribution in [-0.2, 0) is 14.8 Å². The molecule has 0 spiro atoms. The number of sulfonamides is 1. The van der Waals surface area contributed by atoms with E-state index in [1.165, 1.54) is 5.56 Å². The number of rotatable bonds is 6. The van der Waals surface area contributed by atoms with Crippen molar-refractivity contribution in [3.8, 4) is 0 Å². The molecule has 0 aromatic heterocycles. The van der Waals surface area contributed by atoms with Crippen LogP contribution in [0.15, 0.2) is 54.6 Å². The molecule has 0 aliphatic heterocycles. The van der Waals surface area contributed by atoms with Gasteiger partial charge < -0.3 is 5.32 Å². The van der Waals surface area contributed by atoms with Gasteiger partial charge in [-0.1, -0.05) is 44.2 Å². The van der Waals surface area contributed by atoms with Crippen LogP contribution >= 0.6 is 0 Å². The molecule has 0 bridgehead atoms. The maximum Gasteiger partial charge on any atom is 0.247 e. The number of benzene rings is 2. The van der Waals surface area contributed by atoms with Crippen LogP contribution in [0, 0.1) is 0 Å². The first kappa shape index (κ1) is 19.0. The maximum atomic E-state index is 12.6. The van der Waals surface area contributed by atoms with E-state index in [2.05, 4.69) is 19.2 Å². The summed E-state index contributed by atoms with van der Waals surface area (Å²) in [4.78, 5) is 12.6. The topological polar surface area (TPSA) is 66.5 Å². The summed E-state index contributed by atoms with van der Waals surface area (Å²) in [6, 6.07) is 15.3. The summed E-state index contributed by atoms with van der Waals surface area (Å²) in [5, 5.41) is 2.79. The first-order chi connectivity index (χ1) is 11.7. The Morgan fingerprint density at radius 3 is 2.00 bits per heavy atom. The Labute approximate surface area is 149 Å². The highest BCUT2D eigenvalue weighted by molar-refractivity contribution is 7.92. The van der Waals surface area contributed by atoms with Crippen molar-refractivity contribution in [3.05, 3.63) is 60.2 Å². The lowest BCUT2D eigenvalue weighted by atomic mass is 10.0. The Bertz CT molecular complexity index is 816. The van der Waals surface area contributed by atoms with E-state index in [9.17, 15) is 13.2 Å². The fourth-order valence-electron chi connectivity index (χ4n) is 2.58. The Morgan fingerprint density at radius 2 is 1.52 bits per heavy atom. The molecule has 25 heavy (non-hydrogen) atoms. The van der Waals surface area contributed by atoms with E-state index in [1.54, 1.807) is 37.3 Å². The predicted molar refractivity (Wildman–Crippen MR) is 102 cm³/mol. The minimum atomic E-state index is -3.60. The Hall–Kier alpha value is -2.34. The van der Waals surface area contributed by atoms with Gasteiger partial charge in [-0.2, -0.15) is 0 Å². The molecule has 0 unspecified atom stereocenters. The number of nitrogens with one attached hydrogen (secondary N) is 1. The van der Waals surface area contributed by atoms with Crippen LogP contribution in [0.4, 0.5) is 11.4 Å². The zero-order valence-corrected chi connectivity index (χ0v) is 15.7. The van der Waals surface area contributed by atoms with Gasteiger partial charge in [-0.05, 0) is 42.7 Å². The lowest BCUT2D eigenvalue weighted by Gasteiger charge is -2.28. The molecule has 0 saturated carbocycles. The third kappa shape index (κ3) is 4.82. The number of amides is 1. The molecule has 134 valence electrons. The second-order valence-electron chi connectivity index (χ2n) is 6.34. The molecule has 1 atom stereocenters. The minimum absolute atomic E-state index is 0.383. The predicted octanol–water partition coefficient (Wildman–Crippen LogP) is 3.60. The fraction of sp³-hybridized carbons (Fsp3) is 0.316. The van der Waals surface area contributed by atoms with Crippen LogP contribution in [0.25, 0.3) is 0 Å². The SMILES string of the molecule is CC(C)c1ccc(NC(=O)[C@H](C)N(c2ccccc2)S(C)(=O)=O)cc1. The van der Waals surface area contributed by atoms with Crippen molar-refractivity contribution >= 4 is 27.3 Å². The van der Waals surface area contributed by atoms with Crippen molar-refractivity contribution in [1.29, 1.82) is 0 Å². The molecule has 5 nitrogen and oxygen atoms in total. The van der Waals surface area contributed by atoms with E-state index in [-0.39, 0.29) is 5.91 Å². The van der Waals surface area contributed by atoms with E-state index in [0.29, 0.717) is 17.3 Å². The van der Waals surface area contributed by atoms with E-state index in [0.717, 1.165) is 10.6 Å². The lowest BCUT2D eigenvalue weighted by molar-refractivity contribution is -0.116. The van der Waals surface area contributed by atoms with Crippen molar-refractivity contribution in [2.75, 3.05) is 15.9 Å². The van der Waals surface area contributed by atoms with Gasteiger partial charge in [-0.25, -0.2) is 8.42 Å². The summed E-state index contributed by atoms with van der Waals surface area (Å²) in [6.45, 7) is 5.77. The summed E-state index contributed by atoms with van der Waals surface area (Å²) < 4.78 is 25.5. The first-order valence-electron chi connectivity index (χ1n) is 8.15. The zero-order chi connectivity index (χ0) is 18.6. The summed E-state index contributed by atoms with van der Waals surface area (Å²) in [5.41, 5.74) is 2.28. The minimum Gasteiger partial charge on any atom is -0.324 e. The lowest BCUT2D eigenvalue weighted by Crippen LogP contribution is -2.45. The summed E-state index contributed by atoms with van der Waals surface area (Å²) in [5.74, 6) is 0.0223. The molecule has 2 aromatic carbocycles. The first-order valence-corrected chi connectivity index (χ1v) is 10.00. The van der Waals surface area contributed by atoms with Gasteiger partial charge in [0, 0.05) is 5.69 Å². The molecule has 2 aromatic rings. The molecule has 0 saturated heterocycles. The van der Waals surface area contributed by atoms with Crippen molar-refractivity contribution in [3.63, 3.8) is 0 Å². The van der Waals surface area contributed by atoms with Gasteiger partial charge in [0.2, 0.25) is 15.9 Å². The van der Waals surface area contributed by atoms with Gasteiger partial charge in [0.05, 0.1) is 11.9 Å². The molecule has 6 heteroatoms. The Morgan fingerprint density at radius 1 is 0.960 bits per heavy atom. The van der Waals surface area contributed by atoms with Gasteiger partial charge >= 0.3 is 0 Å². The highest BCUT2D eigenvalue weighted by Crippen LogP contribution is 2.22. The highest BCUT2D eigenvalue weighted by atomic mass is 32.2. The van der Waals surface area contributed by atoms with Crippen molar-refractivity contribution in [1.82, 2.24) is 0 Å². The van der Waals surface area contributed by atoms with Crippen LogP contribution in [0.5, 0.6) is 0 Å². The van der Waals surface area contributed by atoms with E-state index < -0.39 is 16.1 Å². The van der Waals surface area contributed by atoms with Crippen molar-refractivity contribution in [2.24, 2.45) is 0 Å². The molecule has 2 rings (SSSR count). The third-order valence-electron chi connectivity index (χ3n) is 3.94. The average Bonchev–Trinajstić information content (AvgIpc) is 2.55. The molecule has 1 amide bonds. The van der Waals surface area contributed by atoms with E-state index >= 15 is 0 Å². The van der Waals surface area contributed by atoms with E-state index in [1.807, 2.05) is 24.3 Å². The van der Waals surface area contributed by atoms with E-state index in [4.69, 9.17) is 0 Å². The molecular formula is C19H24N2O3S. The number of para-hydroxylation sites is 1. The van der Waals surface area contributed by atoms with Crippen LogP contribution in [0.3, 0.4) is 0 Å². The summed E-state index contributed by atoms with van der Waals surface area (Å²) in [7, 11) is -3.60.